The quantitative estimate of drug-likeness (QED) is 0.817. The highest BCUT2D eigenvalue weighted by molar-refractivity contribution is 7.88. The Morgan fingerprint density at radius 3 is 2.35 bits per heavy atom. The molecular weight excluding hydrogens is 292 g/mol. The topological polar surface area (TPSA) is 63.4 Å². The Kier molecular flexibility index (Phi) is 5.68. The van der Waals surface area contributed by atoms with Gasteiger partial charge in [0.25, 0.3) is 0 Å². The Morgan fingerprint density at radius 1 is 1.30 bits per heavy atom. The van der Waals surface area contributed by atoms with Gasteiger partial charge in [0.05, 0.1) is 5.75 Å². The van der Waals surface area contributed by atoms with Gasteiger partial charge in [-0.2, -0.15) is 0 Å². The lowest BCUT2D eigenvalue weighted by atomic mass is 10.1. The smallest absolute Gasteiger partial charge is 0.218 e. The zero-order chi connectivity index (χ0) is 15.5. The summed E-state index contributed by atoms with van der Waals surface area (Å²) in [5, 5.41) is 0. The van der Waals surface area contributed by atoms with Crippen LogP contribution in [0.25, 0.3) is 0 Å². The Morgan fingerprint density at radius 2 is 1.85 bits per heavy atom. The van der Waals surface area contributed by atoms with Gasteiger partial charge in [-0.15, -0.1) is 0 Å². The summed E-state index contributed by atoms with van der Waals surface area (Å²) in [4.78, 5) is 0.218. The van der Waals surface area contributed by atoms with Gasteiger partial charge in [0, 0.05) is 18.7 Å². The van der Waals surface area contributed by atoms with Crippen molar-refractivity contribution in [2.24, 2.45) is 11.7 Å². The number of benzene rings is 1. The van der Waals surface area contributed by atoms with Crippen LogP contribution in [0.15, 0.2) is 24.3 Å². The first-order valence-corrected chi connectivity index (χ1v) is 8.52. The molecule has 0 bridgehead atoms. The van der Waals surface area contributed by atoms with Crippen molar-refractivity contribution >= 4 is 27.2 Å². The summed E-state index contributed by atoms with van der Waals surface area (Å²) in [5.41, 5.74) is 6.90. The second-order valence-electron chi connectivity index (χ2n) is 5.28. The molecule has 1 atom stereocenters. The normalized spacial score (nSPS) is 13.7. The van der Waals surface area contributed by atoms with E-state index in [1.165, 1.54) is 4.31 Å². The largest absolute Gasteiger partial charge is 0.389 e. The molecule has 1 unspecified atom stereocenters. The van der Waals surface area contributed by atoms with E-state index in [0.29, 0.717) is 11.1 Å². The zero-order valence-corrected chi connectivity index (χ0v) is 14.0. The molecule has 4 nitrogen and oxygen atoms in total. The standard InChI is InChI=1S/C14H22N2O2S2/c1-10(2)11(3)16(4)20(17,18)9-12-7-5-6-8-13(12)14(15)19/h5-8,10-11H,9H2,1-4H3,(H2,15,19). The molecule has 0 aliphatic rings. The molecule has 1 rings (SSSR count). The first-order valence-electron chi connectivity index (χ1n) is 6.50. The molecule has 0 saturated heterocycles. The van der Waals surface area contributed by atoms with Crippen molar-refractivity contribution in [1.82, 2.24) is 4.31 Å². The number of hydrogen-bond acceptors (Lipinski definition) is 3. The molecule has 0 saturated carbocycles. The summed E-state index contributed by atoms with van der Waals surface area (Å²) < 4.78 is 26.3. The van der Waals surface area contributed by atoms with Crippen LogP contribution in [0.1, 0.15) is 31.9 Å². The van der Waals surface area contributed by atoms with Crippen LogP contribution in [0.4, 0.5) is 0 Å². The lowest BCUT2D eigenvalue weighted by molar-refractivity contribution is 0.315. The molecule has 1 aromatic rings. The predicted molar refractivity (Wildman–Crippen MR) is 87.0 cm³/mol. The molecule has 112 valence electrons. The highest BCUT2D eigenvalue weighted by Gasteiger charge is 2.26. The number of hydrogen-bond donors (Lipinski definition) is 1. The average molecular weight is 314 g/mol. The van der Waals surface area contributed by atoms with E-state index in [4.69, 9.17) is 18.0 Å². The van der Waals surface area contributed by atoms with Gasteiger partial charge in [0.2, 0.25) is 10.0 Å². The minimum absolute atomic E-state index is 0.0583. The van der Waals surface area contributed by atoms with E-state index in [1.807, 2.05) is 20.8 Å². The van der Waals surface area contributed by atoms with Crippen LogP contribution in [-0.4, -0.2) is 30.8 Å². The molecule has 0 amide bonds. The molecule has 0 fully saturated rings. The van der Waals surface area contributed by atoms with Gasteiger partial charge in [0.1, 0.15) is 4.99 Å². The molecular formula is C14H22N2O2S2. The van der Waals surface area contributed by atoms with Crippen LogP contribution in [0, 0.1) is 5.92 Å². The maximum Gasteiger partial charge on any atom is 0.218 e. The maximum absolute atomic E-state index is 12.5. The Bertz CT molecular complexity index is 583. The van der Waals surface area contributed by atoms with Crippen molar-refractivity contribution in [3.8, 4) is 0 Å². The fraction of sp³-hybridized carbons (Fsp3) is 0.500. The summed E-state index contributed by atoms with van der Waals surface area (Å²) >= 11 is 4.97. The zero-order valence-electron chi connectivity index (χ0n) is 12.3. The lowest BCUT2D eigenvalue weighted by Gasteiger charge is -2.27. The van der Waals surface area contributed by atoms with Crippen molar-refractivity contribution < 1.29 is 8.42 Å². The van der Waals surface area contributed by atoms with Gasteiger partial charge in [-0.05, 0) is 18.4 Å². The third-order valence-corrected chi connectivity index (χ3v) is 5.70. The van der Waals surface area contributed by atoms with E-state index in [0.717, 1.165) is 0 Å². The van der Waals surface area contributed by atoms with Crippen LogP contribution in [-0.2, 0) is 15.8 Å². The Balaban J connectivity index is 3.06. The number of thiocarbonyl (C=S) groups is 1. The minimum Gasteiger partial charge on any atom is -0.389 e. The minimum atomic E-state index is -3.40. The summed E-state index contributed by atoms with van der Waals surface area (Å²) in [6.07, 6.45) is 0. The molecule has 20 heavy (non-hydrogen) atoms. The third kappa shape index (κ3) is 4.01. The van der Waals surface area contributed by atoms with Gasteiger partial charge in [-0.1, -0.05) is 50.3 Å². The van der Waals surface area contributed by atoms with Crippen LogP contribution >= 0.6 is 12.2 Å². The van der Waals surface area contributed by atoms with Crippen molar-refractivity contribution in [2.45, 2.75) is 32.6 Å². The lowest BCUT2D eigenvalue weighted by Crippen LogP contribution is -2.39. The summed E-state index contributed by atoms with van der Waals surface area (Å²) in [6.45, 7) is 5.90. The van der Waals surface area contributed by atoms with Crippen molar-refractivity contribution in [3.05, 3.63) is 35.4 Å². The van der Waals surface area contributed by atoms with Crippen LogP contribution in [0.3, 0.4) is 0 Å². The van der Waals surface area contributed by atoms with Crippen molar-refractivity contribution in [3.63, 3.8) is 0 Å². The fourth-order valence-electron chi connectivity index (χ4n) is 1.86. The van der Waals surface area contributed by atoms with E-state index in [2.05, 4.69) is 0 Å². The van der Waals surface area contributed by atoms with Crippen LogP contribution in [0.2, 0.25) is 0 Å². The molecule has 0 aliphatic heterocycles. The number of sulfonamides is 1. The SMILES string of the molecule is CC(C)C(C)N(C)S(=O)(=O)Cc1ccccc1C(N)=S. The highest BCUT2D eigenvalue weighted by Crippen LogP contribution is 2.18. The molecule has 6 heteroatoms. The second-order valence-corrected chi connectivity index (χ2v) is 7.75. The van der Waals surface area contributed by atoms with Crippen LogP contribution in [0.5, 0.6) is 0 Å². The summed E-state index contributed by atoms with van der Waals surface area (Å²) in [5.74, 6) is 0.161. The molecule has 1 aromatic carbocycles. The van der Waals surface area contributed by atoms with E-state index in [9.17, 15) is 8.42 Å². The van der Waals surface area contributed by atoms with E-state index >= 15 is 0 Å². The van der Waals surface area contributed by atoms with Gasteiger partial charge < -0.3 is 5.73 Å². The monoisotopic (exact) mass is 314 g/mol. The number of rotatable bonds is 6. The summed E-state index contributed by atoms with van der Waals surface area (Å²) in [7, 11) is -1.78. The Hall–Kier alpha value is -0.980. The van der Waals surface area contributed by atoms with Gasteiger partial charge in [0.15, 0.2) is 0 Å². The van der Waals surface area contributed by atoms with E-state index < -0.39 is 10.0 Å². The van der Waals surface area contributed by atoms with Crippen LogP contribution < -0.4 is 5.73 Å². The molecule has 0 heterocycles. The van der Waals surface area contributed by atoms with Crippen molar-refractivity contribution in [1.29, 1.82) is 0 Å². The molecule has 0 aliphatic carbocycles. The second kappa shape index (κ2) is 6.65. The van der Waals surface area contributed by atoms with E-state index in [1.54, 1.807) is 31.3 Å². The average Bonchev–Trinajstić information content (AvgIpc) is 2.36. The maximum atomic E-state index is 12.5. The molecule has 2 N–H and O–H groups in total. The summed E-state index contributed by atoms with van der Waals surface area (Å²) in [6, 6.07) is 7.03. The number of nitrogens with two attached hydrogens (primary N) is 1. The first-order chi connectivity index (χ1) is 9.16. The van der Waals surface area contributed by atoms with Gasteiger partial charge in [-0.25, -0.2) is 12.7 Å². The molecule has 0 radical (unpaired) electrons. The highest BCUT2D eigenvalue weighted by atomic mass is 32.2. The predicted octanol–water partition coefficient (Wildman–Crippen LogP) is 2.13. The third-order valence-electron chi connectivity index (χ3n) is 3.60. The fourth-order valence-corrected chi connectivity index (χ4v) is 3.66. The van der Waals surface area contributed by atoms with Gasteiger partial charge in [-0.3, -0.25) is 0 Å². The molecule has 0 aromatic heterocycles. The number of nitrogens with zero attached hydrogens (tertiary/aromatic N) is 1. The first kappa shape index (κ1) is 17.1. The van der Waals surface area contributed by atoms with E-state index in [-0.39, 0.29) is 22.7 Å². The Labute approximate surface area is 127 Å². The molecule has 0 spiro atoms. The van der Waals surface area contributed by atoms with Gasteiger partial charge >= 0.3 is 0 Å². The van der Waals surface area contributed by atoms with Crippen molar-refractivity contribution in [2.75, 3.05) is 7.05 Å².